The van der Waals surface area contributed by atoms with E-state index in [-0.39, 0.29) is 6.42 Å². The third-order valence-corrected chi connectivity index (χ3v) is 3.77. The molecule has 2 unspecified atom stereocenters. The summed E-state index contributed by atoms with van der Waals surface area (Å²) < 4.78 is 0. The zero-order chi connectivity index (χ0) is 20.2. The number of hydrogen-bond acceptors (Lipinski definition) is 4. The maximum Gasteiger partial charge on any atom is 0.242 e. The van der Waals surface area contributed by atoms with Gasteiger partial charge in [0.25, 0.3) is 0 Å². The summed E-state index contributed by atoms with van der Waals surface area (Å²) in [7, 11) is 0. The average molecular weight is 375 g/mol. The summed E-state index contributed by atoms with van der Waals surface area (Å²) in [6.45, 7) is 1.98. The molecule has 2 atom stereocenters. The summed E-state index contributed by atoms with van der Waals surface area (Å²) in [4.78, 5) is 20.7. The van der Waals surface area contributed by atoms with Crippen molar-refractivity contribution in [3.63, 3.8) is 0 Å². The number of unbranched alkanes of at least 4 members (excludes halogenated alkanes) is 1. The molecule has 0 aliphatic heterocycles. The summed E-state index contributed by atoms with van der Waals surface area (Å²) in [5, 5.41) is 21.0. The Kier molecular flexibility index (Phi) is 17.0. The molecule has 1 radical (unpaired) electrons. The van der Waals surface area contributed by atoms with Crippen LogP contribution in [-0.4, -0.2) is 28.5 Å². The highest BCUT2D eigenvalue weighted by molar-refractivity contribution is 5.50. The standard InChI is InChI=1S/C22H32NO4/c1-2-3-15-19-22(25)21(23(26)27)18-16-13-11-9-7-5-4-6-8-10-12-14-17-20-24/h3-4,6-7,9-10,12-13,15-16,21-22,25H,2,5,8,11,14,17-19H2,1H3/b6-4-,9-7-,12-10-,15-3-,16-13-. The summed E-state index contributed by atoms with van der Waals surface area (Å²) in [5.41, 5.74) is 0. The Hall–Kier alpha value is -2.27. The van der Waals surface area contributed by atoms with Gasteiger partial charge in [-0.25, -0.2) is 0 Å². The number of hydrogen-bond donors (Lipinski definition) is 1. The predicted molar refractivity (Wildman–Crippen MR) is 111 cm³/mol. The van der Waals surface area contributed by atoms with Crippen LogP contribution in [0.15, 0.2) is 60.8 Å². The highest BCUT2D eigenvalue weighted by Crippen LogP contribution is 2.10. The SMILES string of the molecule is CC/C=C\CC(O)C(C/C=C\C/C=C\C/C=C\C/C=C\CC[C]=O)[N+](=O)[O-]. The van der Waals surface area contributed by atoms with E-state index in [0.717, 1.165) is 25.7 Å². The highest BCUT2D eigenvalue weighted by atomic mass is 16.6. The molecule has 0 saturated carbocycles. The largest absolute Gasteiger partial charge is 0.386 e. The van der Waals surface area contributed by atoms with Crippen LogP contribution in [0.4, 0.5) is 0 Å². The molecule has 0 aliphatic carbocycles. The molecule has 0 aromatic heterocycles. The Morgan fingerprint density at radius 2 is 1.41 bits per heavy atom. The molecule has 149 valence electrons. The van der Waals surface area contributed by atoms with E-state index in [1.54, 1.807) is 12.2 Å². The lowest BCUT2D eigenvalue weighted by Gasteiger charge is -2.12. The Morgan fingerprint density at radius 1 is 0.889 bits per heavy atom. The lowest BCUT2D eigenvalue weighted by Crippen LogP contribution is -2.32. The van der Waals surface area contributed by atoms with Gasteiger partial charge in [0, 0.05) is 17.8 Å². The number of allylic oxidation sites excluding steroid dienone is 8. The van der Waals surface area contributed by atoms with Gasteiger partial charge in [-0.05, 0) is 38.5 Å². The van der Waals surface area contributed by atoms with Crippen molar-refractivity contribution in [1.82, 2.24) is 0 Å². The van der Waals surface area contributed by atoms with Gasteiger partial charge in [0.2, 0.25) is 6.04 Å². The number of rotatable bonds is 16. The van der Waals surface area contributed by atoms with Gasteiger partial charge < -0.3 is 5.11 Å². The van der Waals surface area contributed by atoms with Crippen LogP contribution < -0.4 is 0 Å². The van der Waals surface area contributed by atoms with Crippen LogP contribution in [0.1, 0.15) is 58.3 Å². The van der Waals surface area contributed by atoms with Crippen molar-refractivity contribution in [2.45, 2.75) is 70.4 Å². The topological polar surface area (TPSA) is 80.4 Å². The minimum Gasteiger partial charge on any atom is -0.386 e. The van der Waals surface area contributed by atoms with Crippen LogP contribution in [0.25, 0.3) is 0 Å². The number of nitrogens with zero attached hydrogens (tertiary/aromatic N) is 1. The number of carbonyl (C=O) groups excluding carboxylic acids is 1. The third-order valence-electron chi connectivity index (χ3n) is 3.77. The molecule has 0 amide bonds. The van der Waals surface area contributed by atoms with E-state index in [1.165, 1.54) is 0 Å². The van der Waals surface area contributed by atoms with Gasteiger partial charge >= 0.3 is 0 Å². The molecule has 0 fully saturated rings. The minimum absolute atomic E-state index is 0.232. The van der Waals surface area contributed by atoms with E-state index in [9.17, 15) is 20.0 Å². The van der Waals surface area contributed by atoms with E-state index >= 15 is 0 Å². The van der Waals surface area contributed by atoms with Crippen molar-refractivity contribution >= 4 is 6.29 Å². The summed E-state index contributed by atoms with van der Waals surface area (Å²) in [6.07, 6.45) is 25.4. The summed E-state index contributed by atoms with van der Waals surface area (Å²) in [5.74, 6) is 0. The molecule has 0 bridgehead atoms. The van der Waals surface area contributed by atoms with Gasteiger partial charge in [-0.3, -0.25) is 14.9 Å². The molecule has 5 nitrogen and oxygen atoms in total. The van der Waals surface area contributed by atoms with Gasteiger partial charge in [0.15, 0.2) is 6.29 Å². The van der Waals surface area contributed by atoms with E-state index in [4.69, 9.17) is 0 Å². The predicted octanol–water partition coefficient (Wildman–Crippen LogP) is 5.02. The molecule has 0 aliphatic rings. The third kappa shape index (κ3) is 15.7. The van der Waals surface area contributed by atoms with Crippen LogP contribution >= 0.6 is 0 Å². The van der Waals surface area contributed by atoms with Crippen LogP contribution in [0.3, 0.4) is 0 Å². The maximum atomic E-state index is 11.1. The Morgan fingerprint density at radius 3 is 1.93 bits per heavy atom. The van der Waals surface area contributed by atoms with E-state index in [0.29, 0.717) is 19.3 Å². The molecule has 1 N–H and O–H groups in total. The molecular weight excluding hydrogens is 342 g/mol. The molecule has 0 aromatic carbocycles. The number of aliphatic hydroxyl groups excluding tert-OH is 1. The number of nitro groups is 1. The van der Waals surface area contributed by atoms with Crippen LogP contribution in [0.5, 0.6) is 0 Å². The summed E-state index contributed by atoms with van der Waals surface area (Å²) >= 11 is 0. The molecule has 0 saturated heterocycles. The molecule has 27 heavy (non-hydrogen) atoms. The first-order chi connectivity index (χ1) is 13.1. The second-order valence-corrected chi connectivity index (χ2v) is 6.05. The maximum absolute atomic E-state index is 11.1. The van der Waals surface area contributed by atoms with Crippen LogP contribution in [0, 0.1) is 10.1 Å². The molecule has 5 heteroatoms. The zero-order valence-corrected chi connectivity index (χ0v) is 16.2. The van der Waals surface area contributed by atoms with E-state index in [1.807, 2.05) is 49.7 Å². The minimum atomic E-state index is -0.966. The first-order valence-corrected chi connectivity index (χ1v) is 9.55. The Balaban J connectivity index is 3.99. The lowest BCUT2D eigenvalue weighted by atomic mass is 10.0. The van der Waals surface area contributed by atoms with Crippen molar-refractivity contribution < 1.29 is 14.8 Å². The lowest BCUT2D eigenvalue weighted by molar-refractivity contribution is -0.533. The molecule has 0 heterocycles. The smallest absolute Gasteiger partial charge is 0.242 e. The first kappa shape index (κ1) is 24.7. The second-order valence-electron chi connectivity index (χ2n) is 6.05. The fourth-order valence-electron chi connectivity index (χ4n) is 2.25. The van der Waals surface area contributed by atoms with Crippen molar-refractivity contribution in [2.75, 3.05) is 0 Å². The fraction of sp³-hybridized carbons (Fsp3) is 0.500. The first-order valence-electron chi connectivity index (χ1n) is 9.55. The number of aliphatic hydroxyl groups is 1. The average Bonchev–Trinajstić information content (AvgIpc) is 2.64. The monoisotopic (exact) mass is 374 g/mol. The van der Waals surface area contributed by atoms with Crippen molar-refractivity contribution in [3.05, 3.63) is 70.9 Å². The second kappa shape index (κ2) is 18.5. The zero-order valence-electron chi connectivity index (χ0n) is 16.2. The van der Waals surface area contributed by atoms with Crippen molar-refractivity contribution in [1.29, 1.82) is 0 Å². The van der Waals surface area contributed by atoms with Gasteiger partial charge in [-0.2, -0.15) is 0 Å². The van der Waals surface area contributed by atoms with Crippen molar-refractivity contribution in [2.24, 2.45) is 0 Å². The van der Waals surface area contributed by atoms with Crippen molar-refractivity contribution in [3.8, 4) is 0 Å². The molecule has 0 spiro atoms. The fourth-order valence-corrected chi connectivity index (χ4v) is 2.25. The summed E-state index contributed by atoms with van der Waals surface area (Å²) in [6, 6.07) is -0.966. The van der Waals surface area contributed by atoms with Gasteiger partial charge in [0.1, 0.15) is 6.10 Å². The van der Waals surface area contributed by atoms with Gasteiger partial charge in [-0.15, -0.1) is 0 Å². The van der Waals surface area contributed by atoms with Crippen LogP contribution in [0.2, 0.25) is 0 Å². The van der Waals surface area contributed by atoms with Crippen LogP contribution in [-0.2, 0) is 4.79 Å². The van der Waals surface area contributed by atoms with Gasteiger partial charge in [-0.1, -0.05) is 67.7 Å². The molecule has 0 rings (SSSR count). The highest BCUT2D eigenvalue weighted by Gasteiger charge is 2.27. The van der Waals surface area contributed by atoms with E-state index in [2.05, 4.69) is 12.2 Å². The molecule has 0 aromatic rings. The Bertz CT molecular complexity index is 532. The van der Waals surface area contributed by atoms with E-state index < -0.39 is 17.1 Å². The van der Waals surface area contributed by atoms with Gasteiger partial charge in [0.05, 0.1) is 0 Å². The normalized spacial score (nSPS) is 14.9. The Labute approximate surface area is 163 Å². The quantitative estimate of drug-likeness (QED) is 0.178. The molecular formula is C22H32NO4.